The Labute approximate surface area is 125 Å². The summed E-state index contributed by atoms with van der Waals surface area (Å²) in [4.78, 5) is 0. The van der Waals surface area contributed by atoms with Crippen molar-refractivity contribution < 1.29 is 4.74 Å². The summed E-state index contributed by atoms with van der Waals surface area (Å²) < 4.78 is 6.65. The molecule has 0 heterocycles. The van der Waals surface area contributed by atoms with Crippen molar-refractivity contribution in [3.63, 3.8) is 0 Å². The molecule has 0 aromatic carbocycles. The number of nitrogens with one attached hydrogen (secondary N) is 1. The second kappa shape index (κ2) is 6.36. The molecule has 20 heavy (non-hydrogen) atoms. The summed E-state index contributed by atoms with van der Waals surface area (Å²) in [5.74, 6) is 0.782. The molecule has 0 radical (unpaired) electrons. The largest absolute Gasteiger partial charge is 0.374 e. The zero-order chi connectivity index (χ0) is 14.0. The summed E-state index contributed by atoms with van der Waals surface area (Å²) in [7, 11) is 0. The van der Waals surface area contributed by atoms with E-state index in [1.807, 2.05) is 0 Å². The van der Waals surface area contributed by atoms with E-state index in [0.29, 0.717) is 17.6 Å². The number of rotatable bonds is 5. The molecule has 3 aliphatic carbocycles. The van der Waals surface area contributed by atoms with E-state index in [-0.39, 0.29) is 0 Å². The highest BCUT2D eigenvalue weighted by Gasteiger charge is 2.57. The van der Waals surface area contributed by atoms with E-state index in [4.69, 9.17) is 4.74 Å². The Morgan fingerprint density at radius 2 is 1.85 bits per heavy atom. The number of hydrogen-bond donors (Lipinski definition) is 1. The molecule has 1 N–H and O–H groups in total. The highest BCUT2D eigenvalue weighted by atomic mass is 16.5. The van der Waals surface area contributed by atoms with Crippen LogP contribution in [-0.2, 0) is 4.74 Å². The third kappa shape index (κ3) is 2.66. The first-order valence-corrected chi connectivity index (χ1v) is 9.15. The summed E-state index contributed by atoms with van der Waals surface area (Å²) in [6.45, 7) is 5.85. The maximum absolute atomic E-state index is 6.65. The molecule has 0 amide bonds. The van der Waals surface area contributed by atoms with Crippen molar-refractivity contribution in [3.05, 3.63) is 0 Å². The Balaban J connectivity index is 1.59. The second-order valence-corrected chi connectivity index (χ2v) is 7.61. The van der Waals surface area contributed by atoms with Gasteiger partial charge in [0, 0.05) is 11.5 Å². The summed E-state index contributed by atoms with van der Waals surface area (Å²) in [6, 6.07) is 0.744. The zero-order valence-corrected chi connectivity index (χ0v) is 13.5. The van der Waals surface area contributed by atoms with E-state index >= 15 is 0 Å². The molecule has 116 valence electrons. The molecule has 1 spiro atoms. The fourth-order valence-corrected chi connectivity index (χ4v) is 4.94. The van der Waals surface area contributed by atoms with Crippen LogP contribution in [-0.4, -0.2) is 24.8 Å². The first-order valence-electron chi connectivity index (χ1n) is 9.15. The minimum Gasteiger partial charge on any atom is -0.374 e. The molecule has 3 saturated carbocycles. The van der Waals surface area contributed by atoms with E-state index < -0.39 is 0 Å². The van der Waals surface area contributed by atoms with Crippen LogP contribution in [0, 0.1) is 11.3 Å². The van der Waals surface area contributed by atoms with E-state index in [9.17, 15) is 0 Å². The molecule has 0 bridgehead atoms. The Bertz CT molecular complexity index is 311. The number of ether oxygens (including phenoxy) is 1. The molecule has 3 fully saturated rings. The molecule has 3 aliphatic rings. The lowest BCUT2D eigenvalue weighted by Crippen LogP contribution is -2.63. The quantitative estimate of drug-likeness (QED) is 0.811. The van der Waals surface area contributed by atoms with Crippen molar-refractivity contribution in [2.45, 2.75) is 96.3 Å². The maximum atomic E-state index is 6.65. The van der Waals surface area contributed by atoms with Crippen LogP contribution in [0.25, 0.3) is 0 Å². The monoisotopic (exact) mass is 279 g/mol. The van der Waals surface area contributed by atoms with E-state index in [2.05, 4.69) is 19.2 Å². The van der Waals surface area contributed by atoms with Gasteiger partial charge in [0.25, 0.3) is 0 Å². The topological polar surface area (TPSA) is 21.3 Å². The van der Waals surface area contributed by atoms with E-state index in [0.717, 1.165) is 12.0 Å². The molecule has 2 nitrogen and oxygen atoms in total. The molecule has 4 atom stereocenters. The Kier molecular flexibility index (Phi) is 4.72. The molecule has 0 aliphatic heterocycles. The minimum atomic E-state index is 0.506. The molecule has 4 unspecified atom stereocenters. The lowest BCUT2D eigenvalue weighted by atomic mass is 9.60. The minimum absolute atomic E-state index is 0.506. The van der Waals surface area contributed by atoms with Gasteiger partial charge in [-0.2, -0.15) is 0 Å². The third-order valence-electron chi connectivity index (χ3n) is 6.33. The van der Waals surface area contributed by atoms with Crippen LogP contribution < -0.4 is 5.32 Å². The van der Waals surface area contributed by atoms with Gasteiger partial charge in [-0.15, -0.1) is 0 Å². The summed E-state index contributed by atoms with van der Waals surface area (Å²) in [5, 5.41) is 3.80. The van der Waals surface area contributed by atoms with Crippen LogP contribution >= 0.6 is 0 Å². The Morgan fingerprint density at radius 1 is 1.10 bits per heavy atom. The lowest BCUT2D eigenvalue weighted by Gasteiger charge is -2.56. The van der Waals surface area contributed by atoms with Gasteiger partial charge in [0.15, 0.2) is 0 Å². The molecular weight excluding hydrogens is 246 g/mol. The van der Waals surface area contributed by atoms with Gasteiger partial charge in [0.2, 0.25) is 0 Å². The van der Waals surface area contributed by atoms with Gasteiger partial charge >= 0.3 is 0 Å². The predicted octanol–water partition coefficient (Wildman–Crippen LogP) is 4.28. The fourth-order valence-electron chi connectivity index (χ4n) is 4.94. The molecule has 0 saturated heterocycles. The van der Waals surface area contributed by atoms with Gasteiger partial charge in [0.1, 0.15) is 0 Å². The van der Waals surface area contributed by atoms with Crippen molar-refractivity contribution in [2.24, 2.45) is 11.3 Å². The fraction of sp³-hybridized carbons (Fsp3) is 1.00. The molecule has 2 heteroatoms. The summed E-state index contributed by atoms with van der Waals surface area (Å²) in [6.07, 6.45) is 14.8. The maximum Gasteiger partial charge on any atom is 0.0665 e. The predicted molar refractivity (Wildman–Crippen MR) is 83.9 cm³/mol. The van der Waals surface area contributed by atoms with E-state index in [1.165, 1.54) is 70.8 Å². The Morgan fingerprint density at radius 3 is 2.55 bits per heavy atom. The normalized spacial score (nSPS) is 39.9. The van der Waals surface area contributed by atoms with Gasteiger partial charge in [0.05, 0.1) is 12.2 Å². The Hall–Kier alpha value is -0.0800. The van der Waals surface area contributed by atoms with Crippen LogP contribution in [0.3, 0.4) is 0 Å². The van der Waals surface area contributed by atoms with E-state index in [1.54, 1.807) is 0 Å². The van der Waals surface area contributed by atoms with Gasteiger partial charge < -0.3 is 10.1 Å². The van der Waals surface area contributed by atoms with Crippen LogP contribution in [0.4, 0.5) is 0 Å². The number of hydrogen-bond acceptors (Lipinski definition) is 2. The second-order valence-electron chi connectivity index (χ2n) is 7.61. The molecule has 0 aromatic rings. The van der Waals surface area contributed by atoms with Gasteiger partial charge in [-0.1, -0.05) is 39.5 Å². The average molecular weight is 279 g/mol. The van der Waals surface area contributed by atoms with Crippen molar-refractivity contribution >= 4 is 0 Å². The van der Waals surface area contributed by atoms with Crippen molar-refractivity contribution in [3.8, 4) is 0 Å². The SMILES string of the molecule is CCCNC1CC(OC2CCCCC2C)C12CCCC2. The summed E-state index contributed by atoms with van der Waals surface area (Å²) in [5.41, 5.74) is 0.506. The average Bonchev–Trinajstić information content (AvgIpc) is 2.96. The highest BCUT2D eigenvalue weighted by Crippen LogP contribution is 2.55. The highest BCUT2D eigenvalue weighted by molar-refractivity contribution is 5.10. The molecule has 3 rings (SSSR count). The zero-order valence-electron chi connectivity index (χ0n) is 13.5. The third-order valence-corrected chi connectivity index (χ3v) is 6.33. The van der Waals surface area contributed by atoms with Crippen molar-refractivity contribution in [1.29, 1.82) is 0 Å². The molecular formula is C18H33NO. The van der Waals surface area contributed by atoms with Gasteiger partial charge in [-0.3, -0.25) is 0 Å². The van der Waals surface area contributed by atoms with Crippen molar-refractivity contribution in [2.75, 3.05) is 6.54 Å². The first kappa shape index (κ1) is 14.8. The standard InChI is InChI=1S/C18H33NO/c1-3-12-19-16-13-17(18(16)10-6-7-11-18)20-15-9-5-4-8-14(15)2/h14-17,19H,3-13H2,1-2H3. The van der Waals surface area contributed by atoms with Crippen molar-refractivity contribution in [1.82, 2.24) is 5.32 Å². The van der Waals surface area contributed by atoms with Crippen LogP contribution in [0.5, 0.6) is 0 Å². The van der Waals surface area contributed by atoms with Crippen LogP contribution in [0.1, 0.15) is 78.1 Å². The van der Waals surface area contributed by atoms with Crippen LogP contribution in [0.2, 0.25) is 0 Å². The summed E-state index contributed by atoms with van der Waals surface area (Å²) >= 11 is 0. The first-order chi connectivity index (χ1) is 9.76. The smallest absolute Gasteiger partial charge is 0.0665 e. The van der Waals surface area contributed by atoms with Gasteiger partial charge in [-0.25, -0.2) is 0 Å². The molecule has 0 aromatic heterocycles. The lowest BCUT2D eigenvalue weighted by molar-refractivity contribution is -0.176. The van der Waals surface area contributed by atoms with Gasteiger partial charge in [-0.05, 0) is 51.0 Å². The van der Waals surface area contributed by atoms with Crippen LogP contribution in [0.15, 0.2) is 0 Å².